The first-order valence-electron chi connectivity index (χ1n) is 9.51. The first-order chi connectivity index (χ1) is 14.5. The van der Waals surface area contributed by atoms with Crippen LogP contribution in [0.2, 0.25) is 0 Å². The van der Waals surface area contributed by atoms with E-state index in [1.165, 1.54) is 26.7 Å². The predicted molar refractivity (Wildman–Crippen MR) is 106 cm³/mol. The Bertz CT molecular complexity index is 895. The largest absolute Gasteiger partial charge is 0.497 e. The van der Waals surface area contributed by atoms with Crippen LogP contribution in [0.3, 0.4) is 0 Å². The lowest BCUT2D eigenvalue weighted by Crippen LogP contribution is -2.43. The minimum absolute atomic E-state index is 0.191. The average molecular weight is 416 g/mol. The Morgan fingerprint density at radius 2 is 2.03 bits per heavy atom. The van der Waals surface area contributed by atoms with Crippen LogP contribution in [0.4, 0.5) is 5.69 Å². The summed E-state index contributed by atoms with van der Waals surface area (Å²) in [5, 5.41) is 2.64. The summed E-state index contributed by atoms with van der Waals surface area (Å²) in [6.45, 7) is 0.365. The van der Waals surface area contributed by atoms with Crippen LogP contribution in [0, 0.1) is 5.92 Å². The minimum Gasteiger partial charge on any atom is -0.497 e. The fourth-order valence-electron chi connectivity index (χ4n) is 3.28. The summed E-state index contributed by atoms with van der Waals surface area (Å²) in [6.07, 6.45) is 4.08. The van der Waals surface area contributed by atoms with Gasteiger partial charge in [-0.2, -0.15) is 0 Å². The molecule has 0 radical (unpaired) electrons. The number of esters is 1. The molecule has 160 valence electrons. The van der Waals surface area contributed by atoms with Crippen LogP contribution in [-0.4, -0.2) is 56.6 Å². The monoisotopic (exact) mass is 416 g/mol. The first kappa shape index (κ1) is 21.2. The van der Waals surface area contributed by atoms with E-state index in [1.54, 1.807) is 29.2 Å². The number of nitrogens with one attached hydrogen (secondary N) is 1. The van der Waals surface area contributed by atoms with Gasteiger partial charge in [-0.15, -0.1) is 0 Å². The summed E-state index contributed by atoms with van der Waals surface area (Å²) in [7, 11) is 3.00. The Balaban J connectivity index is 1.52. The molecule has 1 aromatic heterocycles. The van der Waals surface area contributed by atoms with E-state index in [2.05, 4.69) is 5.32 Å². The molecule has 1 aliphatic heterocycles. The van der Waals surface area contributed by atoms with E-state index in [0.29, 0.717) is 42.1 Å². The lowest BCUT2D eigenvalue weighted by Gasteiger charge is -2.31. The van der Waals surface area contributed by atoms with Crippen molar-refractivity contribution in [3.8, 4) is 11.5 Å². The Labute approximate surface area is 173 Å². The normalized spacial score (nSPS) is 15.9. The van der Waals surface area contributed by atoms with Crippen LogP contribution in [0.15, 0.2) is 41.2 Å². The number of carbonyl (C=O) groups is 3. The third-order valence-electron chi connectivity index (χ3n) is 4.84. The van der Waals surface area contributed by atoms with Crippen molar-refractivity contribution >= 4 is 23.5 Å². The summed E-state index contributed by atoms with van der Waals surface area (Å²) in [5.74, 6) is -0.675. The second kappa shape index (κ2) is 9.82. The number of carbonyl (C=O) groups excluding carboxylic acids is 3. The van der Waals surface area contributed by atoms with Crippen molar-refractivity contribution in [3.05, 3.63) is 42.4 Å². The molecule has 0 bridgehead atoms. The molecule has 0 saturated carbocycles. The maximum atomic E-state index is 12.4. The molecule has 1 aliphatic rings. The smallest absolute Gasteiger partial charge is 0.311 e. The number of furan rings is 1. The lowest BCUT2D eigenvalue weighted by molar-refractivity contribution is -0.152. The first-order valence-corrected chi connectivity index (χ1v) is 9.51. The molecule has 0 spiro atoms. The van der Waals surface area contributed by atoms with Gasteiger partial charge < -0.3 is 28.8 Å². The van der Waals surface area contributed by atoms with Gasteiger partial charge >= 0.3 is 5.97 Å². The van der Waals surface area contributed by atoms with Gasteiger partial charge in [0.15, 0.2) is 6.61 Å². The molecular formula is C21H24N2O7. The van der Waals surface area contributed by atoms with Gasteiger partial charge in [0.25, 0.3) is 11.8 Å². The molecule has 1 saturated heterocycles. The van der Waals surface area contributed by atoms with Crippen LogP contribution in [0.25, 0.3) is 0 Å². The number of rotatable bonds is 7. The van der Waals surface area contributed by atoms with Crippen LogP contribution in [0.5, 0.6) is 11.5 Å². The van der Waals surface area contributed by atoms with Crippen LogP contribution in [0.1, 0.15) is 23.2 Å². The molecular weight excluding hydrogens is 392 g/mol. The number of hydrogen-bond acceptors (Lipinski definition) is 7. The molecule has 9 heteroatoms. The molecule has 2 amide bonds. The summed E-state index contributed by atoms with van der Waals surface area (Å²) >= 11 is 0. The highest BCUT2D eigenvalue weighted by molar-refractivity contribution is 5.95. The van der Waals surface area contributed by atoms with E-state index >= 15 is 0 Å². The third-order valence-corrected chi connectivity index (χ3v) is 4.84. The number of methoxy groups -OCH3 is 2. The van der Waals surface area contributed by atoms with Crippen molar-refractivity contribution < 1.29 is 33.0 Å². The number of benzene rings is 1. The molecule has 2 aromatic rings. The fourth-order valence-corrected chi connectivity index (χ4v) is 3.28. The highest BCUT2D eigenvalue weighted by Crippen LogP contribution is 2.28. The summed E-state index contributed by atoms with van der Waals surface area (Å²) in [4.78, 5) is 38.7. The van der Waals surface area contributed by atoms with Gasteiger partial charge in [0.2, 0.25) is 0 Å². The average Bonchev–Trinajstić information content (AvgIpc) is 3.32. The topological polar surface area (TPSA) is 107 Å². The van der Waals surface area contributed by atoms with E-state index in [0.717, 1.165) is 0 Å². The molecule has 0 unspecified atom stereocenters. The van der Waals surface area contributed by atoms with Crippen LogP contribution >= 0.6 is 0 Å². The zero-order valence-corrected chi connectivity index (χ0v) is 16.9. The SMILES string of the molecule is COc1ccc(OC)c(NC(=O)COC(=O)[C@@H]2CCCN(C(=O)c3ccoc3)C2)c1. The maximum absolute atomic E-state index is 12.4. The highest BCUT2D eigenvalue weighted by Gasteiger charge is 2.30. The van der Waals surface area contributed by atoms with Gasteiger partial charge in [0, 0.05) is 19.2 Å². The Hall–Kier alpha value is -3.49. The lowest BCUT2D eigenvalue weighted by atomic mass is 9.98. The Morgan fingerprint density at radius 3 is 2.73 bits per heavy atom. The zero-order chi connectivity index (χ0) is 21.5. The Kier molecular flexibility index (Phi) is 6.95. The van der Waals surface area contributed by atoms with Crippen LogP contribution in [-0.2, 0) is 14.3 Å². The van der Waals surface area contributed by atoms with Crippen molar-refractivity contribution in [3.63, 3.8) is 0 Å². The maximum Gasteiger partial charge on any atom is 0.311 e. The summed E-state index contributed by atoms with van der Waals surface area (Å²) in [6, 6.07) is 6.56. The quantitative estimate of drug-likeness (QED) is 0.690. The van der Waals surface area contributed by atoms with Gasteiger partial charge in [-0.05, 0) is 31.0 Å². The van der Waals surface area contributed by atoms with E-state index in [1.807, 2.05) is 0 Å². The van der Waals surface area contributed by atoms with Crippen molar-refractivity contribution in [1.29, 1.82) is 0 Å². The van der Waals surface area contributed by atoms with Crippen molar-refractivity contribution in [2.75, 3.05) is 39.2 Å². The van der Waals surface area contributed by atoms with Gasteiger partial charge in [-0.25, -0.2) is 0 Å². The number of anilines is 1. The van der Waals surface area contributed by atoms with Gasteiger partial charge in [0.05, 0.1) is 37.7 Å². The van der Waals surface area contributed by atoms with Gasteiger partial charge in [-0.3, -0.25) is 14.4 Å². The fraction of sp³-hybridized carbons (Fsp3) is 0.381. The number of ether oxygens (including phenoxy) is 3. The standard InChI is InChI=1S/C21H24N2O7/c1-27-16-5-6-18(28-2)17(10-16)22-19(24)13-30-21(26)14-4-3-8-23(11-14)20(25)15-7-9-29-12-15/h5-7,9-10,12,14H,3-4,8,11,13H2,1-2H3,(H,22,24)/t14-/m1/s1. The molecule has 3 rings (SSSR count). The number of piperidine rings is 1. The van der Waals surface area contributed by atoms with E-state index < -0.39 is 24.4 Å². The molecule has 1 fully saturated rings. The molecule has 0 aliphatic carbocycles. The van der Waals surface area contributed by atoms with E-state index in [-0.39, 0.29) is 12.5 Å². The minimum atomic E-state index is -0.507. The van der Waals surface area contributed by atoms with Gasteiger partial charge in [-0.1, -0.05) is 0 Å². The number of nitrogens with zero attached hydrogens (tertiary/aromatic N) is 1. The van der Waals surface area contributed by atoms with Crippen molar-refractivity contribution in [2.45, 2.75) is 12.8 Å². The number of likely N-dealkylation sites (tertiary alicyclic amines) is 1. The second-order valence-electron chi connectivity index (χ2n) is 6.82. The molecule has 30 heavy (non-hydrogen) atoms. The molecule has 1 aromatic carbocycles. The van der Waals surface area contributed by atoms with Crippen molar-refractivity contribution in [1.82, 2.24) is 4.90 Å². The molecule has 1 atom stereocenters. The second-order valence-corrected chi connectivity index (χ2v) is 6.82. The number of hydrogen-bond donors (Lipinski definition) is 1. The third kappa shape index (κ3) is 5.11. The molecule has 2 heterocycles. The highest BCUT2D eigenvalue weighted by atomic mass is 16.5. The molecule has 9 nitrogen and oxygen atoms in total. The van der Waals surface area contributed by atoms with Crippen LogP contribution < -0.4 is 14.8 Å². The zero-order valence-electron chi connectivity index (χ0n) is 16.9. The number of amides is 2. The van der Waals surface area contributed by atoms with Gasteiger partial charge in [0.1, 0.15) is 17.8 Å². The van der Waals surface area contributed by atoms with E-state index in [9.17, 15) is 14.4 Å². The van der Waals surface area contributed by atoms with Crippen molar-refractivity contribution in [2.24, 2.45) is 5.92 Å². The summed E-state index contributed by atoms with van der Waals surface area (Å²) < 4.78 is 20.5. The summed E-state index contributed by atoms with van der Waals surface area (Å²) in [5.41, 5.74) is 0.850. The molecule has 1 N–H and O–H groups in total. The van der Waals surface area contributed by atoms with E-state index in [4.69, 9.17) is 18.6 Å². The Morgan fingerprint density at radius 1 is 1.20 bits per heavy atom. The predicted octanol–water partition coefficient (Wildman–Crippen LogP) is 2.33.